The fourth-order valence-corrected chi connectivity index (χ4v) is 4.30. The predicted octanol–water partition coefficient (Wildman–Crippen LogP) is 5.12. The van der Waals surface area contributed by atoms with Gasteiger partial charge >= 0.3 is 0 Å². The second-order valence-corrected chi connectivity index (χ2v) is 9.20. The minimum absolute atomic E-state index is 0.0688. The van der Waals surface area contributed by atoms with Gasteiger partial charge in [0.2, 0.25) is 5.91 Å². The molecule has 4 rings (SSSR count). The molecule has 2 aromatic carbocycles. The van der Waals surface area contributed by atoms with Gasteiger partial charge in [0.1, 0.15) is 23.3 Å². The molecule has 182 valence electrons. The Morgan fingerprint density at radius 1 is 1.06 bits per heavy atom. The van der Waals surface area contributed by atoms with Gasteiger partial charge in [0, 0.05) is 30.4 Å². The van der Waals surface area contributed by atoms with E-state index in [0.29, 0.717) is 24.6 Å². The molecule has 8 heteroatoms. The van der Waals surface area contributed by atoms with Gasteiger partial charge in [-0.05, 0) is 51.0 Å². The Bertz CT molecular complexity index is 1150. The highest BCUT2D eigenvalue weighted by atomic mass is 19.1. The molecule has 1 amide bonds. The van der Waals surface area contributed by atoms with Crippen molar-refractivity contribution < 1.29 is 18.0 Å². The van der Waals surface area contributed by atoms with Gasteiger partial charge in [-0.1, -0.05) is 31.5 Å². The van der Waals surface area contributed by atoms with E-state index < -0.39 is 17.2 Å². The highest BCUT2D eigenvalue weighted by molar-refractivity contribution is 5.79. The monoisotopic (exact) mass is 472 g/mol. The highest BCUT2D eigenvalue weighted by Crippen LogP contribution is 2.39. The van der Waals surface area contributed by atoms with Crippen molar-refractivity contribution in [2.75, 3.05) is 13.1 Å². The number of aryl methyl sites for hydroxylation is 1. The first-order chi connectivity index (χ1) is 16.0. The fourth-order valence-electron chi connectivity index (χ4n) is 4.30. The van der Waals surface area contributed by atoms with E-state index in [9.17, 15) is 18.0 Å². The number of carbonyl (C=O) groups excluding carboxylic acids is 1. The maximum absolute atomic E-state index is 14.4. The molecule has 0 aliphatic carbocycles. The van der Waals surface area contributed by atoms with Crippen LogP contribution in [0.25, 0.3) is 11.3 Å². The minimum Gasteiger partial charge on any atom is -0.327 e. The molecule has 3 aromatic rings. The van der Waals surface area contributed by atoms with Crippen LogP contribution in [0.2, 0.25) is 0 Å². The Labute approximate surface area is 198 Å². The topological polar surface area (TPSA) is 64.2 Å². The summed E-state index contributed by atoms with van der Waals surface area (Å²) in [5.74, 6) is -0.812. The number of imidazole rings is 1. The summed E-state index contributed by atoms with van der Waals surface area (Å²) in [7, 11) is 0. The Balaban J connectivity index is 0.000000343. The van der Waals surface area contributed by atoms with Crippen LogP contribution >= 0.6 is 0 Å². The van der Waals surface area contributed by atoms with Crippen LogP contribution in [0.1, 0.15) is 50.7 Å². The summed E-state index contributed by atoms with van der Waals surface area (Å²) in [6.07, 6.45) is 0. The number of hydrogen-bond donors (Lipinski definition) is 1. The number of benzene rings is 2. The van der Waals surface area contributed by atoms with Crippen molar-refractivity contribution in [1.29, 1.82) is 0 Å². The molecule has 0 fully saturated rings. The average Bonchev–Trinajstić information content (AvgIpc) is 3.17. The maximum Gasteiger partial charge on any atom is 0.237 e. The van der Waals surface area contributed by atoms with Gasteiger partial charge in [-0.2, -0.15) is 0 Å². The van der Waals surface area contributed by atoms with E-state index in [1.807, 2.05) is 34.6 Å². The van der Waals surface area contributed by atoms with Crippen molar-refractivity contribution >= 4 is 5.91 Å². The van der Waals surface area contributed by atoms with Gasteiger partial charge in [0.25, 0.3) is 0 Å². The van der Waals surface area contributed by atoms with Crippen LogP contribution in [0.4, 0.5) is 13.2 Å². The second-order valence-electron chi connectivity index (χ2n) is 9.20. The lowest BCUT2D eigenvalue weighted by atomic mass is 9.98. The van der Waals surface area contributed by atoms with Crippen molar-refractivity contribution in [2.45, 2.75) is 52.6 Å². The van der Waals surface area contributed by atoms with E-state index in [1.54, 1.807) is 17.0 Å². The summed E-state index contributed by atoms with van der Waals surface area (Å²) < 4.78 is 41.9. The zero-order valence-corrected chi connectivity index (χ0v) is 20.2. The molecule has 1 aliphatic heterocycles. The maximum atomic E-state index is 14.4. The van der Waals surface area contributed by atoms with Gasteiger partial charge < -0.3 is 15.2 Å². The fraction of sp³-hybridized carbons (Fsp3) is 0.385. The predicted molar refractivity (Wildman–Crippen MR) is 127 cm³/mol. The number of halogens is 3. The van der Waals surface area contributed by atoms with Crippen LogP contribution in [0.3, 0.4) is 0 Å². The molecule has 5 nitrogen and oxygen atoms in total. The van der Waals surface area contributed by atoms with Crippen LogP contribution in [0.15, 0.2) is 42.5 Å². The van der Waals surface area contributed by atoms with Crippen molar-refractivity contribution in [3.8, 4) is 11.3 Å². The summed E-state index contributed by atoms with van der Waals surface area (Å²) in [6, 6.07) is 9.92. The van der Waals surface area contributed by atoms with Crippen LogP contribution in [-0.2, 0) is 16.9 Å². The Kier molecular flexibility index (Phi) is 7.51. The van der Waals surface area contributed by atoms with Crippen molar-refractivity contribution in [3.05, 3.63) is 77.0 Å². The van der Waals surface area contributed by atoms with Gasteiger partial charge in [0.15, 0.2) is 0 Å². The number of rotatable bonds is 3. The zero-order valence-electron chi connectivity index (χ0n) is 20.2. The van der Waals surface area contributed by atoms with E-state index in [2.05, 4.69) is 4.57 Å². The molecular weight excluding hydrogens is 441 g/mol. The summed E-state index contributed by atoms with van der Waals surface area (Å²) in [5, 5.41) is 0. The third-order valence-corrected chi connectivity index (χ3v) is 6.00. The number of fused-ring (bicyclic) bond motifs is 1. The van der Waals surface area contributed by atoms with Crippen LogP contribution in [0, 0.1) is 24.4 Å². The summed E-state index contributed by atoms with van der Waals surface area (Å²) in [4.78, 5) is 18.7. The lowest BCUT2D eigenvalue weighted by molar-refractivity contribution is -0.137. The molecule has 0 unspecified atom stereocenters. The number of carbonyl (C=O) groups is 1. The Hall–Kier alpha value is -3.13. The highest BCUT2D eigenvalue weighted by Gasteiger charge is 2.41. The van der Waals surface area contributed by atoms with Crippen LogP contribution in [0.5, 0.6) is 0 Å². The van der Waals surface area contributed by atoms with E-state index in [-0.39, 0.29) is 29.8 Å². The normalized spacial score (nSPS) is 14.5. The van der Waals surface area contributed by atoms with Crippen LogP contribution < -0.4 is 5.73 Å². The first kappa shape index (κ1) is 25.5. The lowest BCUT2D eigenvalue weighted by Gasteiger charge is -2.42. The summed E-state index contributed by atoms with van der Waals surface area (Å²) in [6.45, 7) is 10.8. The van der Waals surface area contributed by atoms with Gasteiger partial charge in [0.05, 0.1) is 17.8 Å². The zero-order chi connectivity index (χ0) is 25.2. The first-order valence-corrected chi connectivity index (χ1v) is 11.3. The molecule has 34 heavy (non-hydrogen) atoms. The second kappa shape index (κ2) is 10.0. The van der Waals surface area contributed by atoms with Gasteiger partial charge in [-0.15, -0.1) is 0 Å². The number of aromatic nitrogens is 2. The number of amides is 1. The molecule has 0 atom stereocenters. The smallest absolute Gasteiger partial charge is 0.237 e. The molecule has 0 bridgehead atoms. The van der Waals surface area contributed by atoms with Gasteiger partial charge in [-0.25, -0.2) is 18.2 Å². The number of nitrogens with zero attached hydrogens (tertiary/aromatic N) is 3. The number of nitrogens with two attached hydrogens (primary N) is 1. The molecule has 0 radical (unpaired) electrons. The van der Waals surface area contributed by atoms with Gasteiger partial charge in [-0.3, -0.25) is 4.79 Å². The third kappa shape index (κ3) is 5.01. The Morgan fingerprint density at radius 2 is 1.68 bits per heavy atom. The molecule has 0 saturated heterocycles. The molecule has 2 N–H and O–H groups in total. The molecular formula is C26H31F3N4O. The van der Waals surface area contributed by atoms with E-state index in [1.165, 1.54) is 24.3 Å². The molecule has 2 heterocycles. The van der Waals surface area contributed by atoms with Crippen molar-refractivity contribution in [2.24, 2.45) is 5.73 Å². The quantitative estimate of drug-likeness (QED) is 0.575. The first-order valence-electron chi connectivity index (χ1n) is 11.3. The van der Waals surface area contributed by atoms with E-state index >= 15 is 0 Å². The standard InChI is InChI=1S/C19H24F2N4O.C7H7F/c1-11(2)17-16(13-6-5-12(20)9-14(13)21)23-18-19(3,4)25(15(26)10-22)8-7-24(17)18;1-6-2-4-7(8)5-3-6/h5-6,9,11H,7-8,10,22H2,1-4H3;2-5H,1H3. The average molecular weight is 473 g/mol. The lowest BCUT2D eigenvalue weighted by Crippen LogP contribution is -2.53. The van der Waals surface area contributed by atoms with Crippen molar-refractivity contribution in [3.63, 3.8) is 0 Å². The third-order valence-electron chi connectivity index (χ3n) is 6.00. The molecule has 0 spiro atoms. The van der Waals surface area contributed by atoms with Crippen molar-refractivity contribution in [1.82, 2.24) is 14.5 Å². The SMILES string of the molecule is CC(C)c1c(-c2ccc(F)cc2F)nc2n1CCN(C(=O)CN)C2(C)C.Cc1ccc(F)cc1. The molecule has 1 aliphatic rings. The largest absolute Gasteiger partial charge is 0.327 e. The van der Waals surface area contributed by atoms with E-state index in [0.717, 1.165) is 17.3 Å². The molecule has 1 aromatic heterocycles. The Morgan fingerprint density at radius 3 is 2.21 bits per heavy atom. The minimum atomic E-state index is -0.674. The summed E-state index contributed by atoms with van der Waals surface area (Å²) in [5.41, 5.74) is 7.62. The summed E-state index contributed by atoms with van der Waals surface area (Å²) >= 11 is 0. The van der Waals surface area contributed by atoms with Crippen LogP contribution in [-0.4, -0.2) is 33.4 Å². The number of hydrogen-bond acceptors (Lipinski definition) is 3. The molecule has 0 saturated carbocycles. The van der Waals surface area contributed by atoms with E-state index in [4.69, 9.17) is 10.7 Å².